The van der Waals surface area contributed by atoms with Crippen LogP contribution in [0.1, 0.15) is 12.5 Å². The van der Waals surface area contributed by atoms with Gasteiger partial charge in [0.05, 0.1) is 16.3 Å². The van der Waals surface area contributed by atoms with Crippen molar-refractivity contribution in [2.75, 3.05) is 16.8 Å². The molecule has 0 amide bonds. The van der Waals surface area contributed by atoms with Gasteiger partial charge in [-0.2, -0.15) is 0 Å². The number of aromatic nitrogens is 1. The Morgan fingerprint density at radius 1 is 1.25 bits per heavy atom. The number of anilines is 3. The largest absolute Gasteiger partial charge is 0.398 e. The Morgan fingerprint density at radius 2 is 2.08 bits per heavy atom. The first-order valence-corrected chi connectivity index (χ1v) is 8.88. The van der Waals surface area contributed by atoms with Gasteiger partial charge in [0.25, 0.3) is 0 Å². The van der Waals surface area contributed by atoms with Crippen molar-refractivity contribution in [3.05, 3.63) is 54.2 Å². The fraction of sp³-hybridized carbons (Fsp3) is 0.111. The molecule has 0 spiro atoms. The van der Waals surface area contributed by atoms with E-state index in [4.69, 9.17) is 11.1 Å². The minimum absolute atomic E-state index is 0.543. The second-order valence-electron chi connectivity index (χ2n) is 5.28. The molecule has 0 aliphatic heterocycles. The highest BCUT2D eigenvalue weighted by molar-refractivity contribution is 7.85. The third-order valence-corrected chi connectivity index (χ3v) is 5.06. The summed E-state index contributed by atoms with van der Waals surface area (Å²) in [5, 5.41) is 11.5. The van der Waals surface area contributed by atoms with Crippen LogP contribution in [0.5, 0.6) is 0 Å². The zero-order chi connectivity index (χ0) is 17.1. The summed E-state index contributed by atoms with van der Waals surface area (Å²) in [5.41, 5.74) is 9.69. The third-order valence-electron chi connectivity index (χ3n) is 3.76. The molecular formula is C18H18N4OS. The summed E-state index contributed by atoms with van der Waals surface area (Å²) in [7, 11) is -1.01. The third kappa shape index (κ3) is 3.14. The van der Waals surface area contributed by atoms with E-state index in [1.807, 2.05) is 37.3 Å². The van der Waals surface area contributed by atoms with E-state index < -0.39 is 10.8 Å². The smallest absolute Gasteiger partial charge is 0.0723 e. The molecule has 0 aliphatic rings. The second-order valence-corrected chi connectivity index (χ2v) is 7.02. The fourth-order valence-corrected chi connectivity index (χ4v) is 3.28. The van der Waals surface area contributed by atoms with Gasteiger partial charge in [0, 0.05) is 51.1 Å². The van der Waals surface area contributed by atoms with Gasteiger partial charge in [-0.1, -0.05) is 6.92 Å². The Morgan fingerprint density at radius 3 is 2.79 bits per heavy atom. The van der Waals surface area contributed by atoms with Crippen LogP contribution in [0.4, 0.5) is 17.1 Å². The molecule has 0 bridgehead atoms. The molecular weight excluding hydrogens is 320 g/mol. The van der Waals surface area contributed by atoms with Crippen molar-refractivity contribution in [1.29, 1.82) is 5.41 Å². The van der Waals surface area contributed by atoms with Gasteiger partial charge in [-0.05, 0) is 42.5 Å². The van der Waals surface area contributed by atoms with Gasteiger partial charge in [0.1, 0.15) is 0 Å². The molecule has 3 rings (SSSR count). The van der Waals surface area contributed by atoms with Crippen molar-refractivity contribution in [1.82, 2.24) is 4.98 Å². The number of nitrogen functional groups attached to an aromatic ring is 1. The molecule has 0 saturated carbocycles. The van der Waals surface area contributed by atoms with Crippen molar-refractivity contribution in [2.45, 2.75) is 11.8 Å². The summed E-state index contributed by atoms with van der Waals surface area (Å²) in [5.74, 6) is 0.580. The van der Waals surface area contributed by atoms with Crippen molar-refractivity contribution in [2.24, 2.45) is 0 Å². The molecule has 5 nitrogen and oxygen atoms in total. The van der Waals surface area contributed by atoms with Crippen LogP contribution >= 0.6 is 0 Å². The molecule has 0 radical (unpaired) electrons. The minimum atomic E-state index is -1.01. The average Bonchev–Trinajstić information content (AvgIpc) is 2.61. The number of fused-ring (bicyclic) bond motifs is 1. The Kier molecular flexibility index (Phi) is 4.57. The summed E-state index contributed by atoms with van der Waals surface area (Å²) >= 11 is 0. The van der Waals surface area contributed by atoms with Crippen LogP contribution in [-0.2, 0) is 10.8 Å². The van der Waals surface area contributed by atoms with Crippen LogP contribution < -0.4 is 11.1 Å². The highest BCUT2D eigenvalue weighted by atomic mass is 32.2. The highest BCUT2D eigenvalue weighted by Crippen LogP contribution is 2.28. The summed E-state index contributed by atoms with van der Waals surface area (Å²) < 4.78 is 12.1. The van der Waals surface area contributed by atoms with Crippen LogP contribution in [0.15, 0.2) is 53.6 Å². The molecule has 2 aromatic carbocycles. The lowest BCUT2D eigenvalue weighted by Gasteiger charge is -2.12. The Balaban J connectivity index is 2.03. The van der Waals surface area contributed by atoms with E-state index in [-0.39, 0.29) is 0 Å². The normalized spacial score (nSPS) is 12.0. The highest BCUT2D eigenvalue weighted by Gasteiger charge is 2.08. The monoisotopic (exact) mass is 338 g/mol. The average molecular weight is 338 g/mol. The molecule has 6 heteroatoms. The Labute approximate surface area is 142 Å². The predicted molar refractivity (Wildman–Crippen MR) is 101 cm³/mol. The number of benzene rings is 2. The number of rotatable bonds is 5. The maximum absolute atomic E-state index is 12.1. The standard InChI is InChI=1S/C18H18N4OS/c1-2-24(23)14-5-6-17-15(10-14)18(7-8-21-17)22-13-4-3-12(11-19)16(20)9-13/h3-11,19H,2,20H2,1H3,(H,21,22). The topological polar surface area (TPSA) is 91.9 Å². The summed E-state index contributed by atoms with van der Waals surface area (Å²) in [6.45, 7) is 1.90. The van der Waals surface area contributed by atoms with E-state index in [2.05, 4.69) is 10.3 Å². The van der Waals surface area contributed by atoms with E-state index in [1.54, 1.807) is 18.3 Å². The number of pyridine rings is 1. The molecule has 1 unspecified atom stereocenters. The van der Waals surface area contributed by atoms with Gasteiger partial charge in [0.2, 0.25) is 0 Å². The van der Waals surface area contributed by atoms with Crippen LogP contribution in [0.25, 0.3) is 10.9 Å². The van der Waals surface area contributed by atoms with Crippen molar-refractivity contribution in [3.8, 4) is 0 Å². The molecule has 1 heterocycles. The molecule has 3 aromatic rings. The first-order valence-electron chi connectivity index (χ1n) is 7.56. The number of nitrogens with two attached hydrogens (primary N) is 1. The van der Waals surface area contributed by atoms with E-state index in [1.165, 1.54) is 6.21 Å². The van der Waals surface area contributed by atoms with E-state index in [9.17, 15) is 4.21 Å². The van der Waals surface area contributed by atoms with E-state index in [0.29, 0.717) is 17.0 Å². The van der Waals surface area contributed by atoms with Crippen LogP contribution in [0, 0.1) is 5.41 Å². The zero-order valence-electron chi connectivity index (χ0n) is 13.2. The first-order chi connectivity index (χ1) is 11.6. The van der Waals surface area contributed by atoms with Gasteiger partial charge in [-0.25, -0.2) is 0 Å². The lowest BCUT2D eigenvalue weighted by Crippen LogP contribution is -1.98. The van der Waals surface area contributed by atoms with Gasteiger partial charge >= 0.3 is 0 Å². The Hall–Kier alpha value is -2.73. The Bertz CT molecular complexity index is 939. The summed E-state index contributed by atoms with van der Waals surface area (Å²) in [6.07, 6.45) is 2.96. The van der Waals surface area contributed by atoms with Gasteiger partial charge in [-0.3, -0.25) is 9.19 Å². The van der Waals surface area contributed by atoms with Gasteiger partial charge in [0.15, 0.2) is 0 Å². The quantitative estimate of drug-likeness (QED) is 0.489. The molecule has 1 aromatic heterocycles. The summed E-state index contributed by atoms with van der Waals surface area (Å²) in [6, 6.07) is 13.0. The van der Waals surface area contributed by atoms with Crippen LogP contribution in [0.3, 0.4) is 0 Å². The fourth-order valence-electron chi connectivity index (χ4n) is 2.48. The second kappa shape index (κ2) is 6.80. The molecule has 1 atom stereocenters. The molecule has 122 valence electrons. The van der Waals surface area contributed by atoms with Crippen LogP contribution in [-0.4, -0.2) is 21.2 Å². The maximum atomic E-state index is 12.1. The maximum Gasteiger partial charge on any atom is 0.0723 e. The molecule has 4 N–H and O–H groups in total. The molecule has 24 heavy (non-hydrogen) atoms. The lowest BCUT2D eigenvalue weighted by atomic mass is 10.1. The first kappa shape index (κ1) is 16.1. The molecule has 0 fully saturated rings. The van der Waals surface area contributed by atoms with Gasteiger partial charge < -0.3 is 16.5 Å². The van der Waals surface area contributed by atoms with Crippen molar-refractivity contribution >= 4 is 45.0 Å². The van der Waals surface area contributed by atoms with Crippen molar-refractivity contribution < 1.29 is 4.21 Å². The number of nitrogens with zero attached hydrogens (tertiary/aromatic N) is 1. The molecule has 0 aliphatic carbocycles. The van der Waals surface area contributed by atoms with Crippen LogP contribution in [0.2, 0.25) is 0 Å². The zero-order valence-corrected chi connectivity index (χ0v) is 14.1. The SMILES string of the molecule is CCS(=O)c1ccc2nccc(Nc3ccc(C=N)c(N)c3)c2c1. The van der Waals surface area contributed by atoms with Crippen molar-refractivity contribution in [3.63, 3.8) is 0 Å². The number of nitrogens with one attached hydrogen (secondary N) is 2. The lowest BCUT2D eigenvalue weighted by molar-refractivity contribution is 0.684. The minimum Gasteiger partial charge on any atom is -0.398 e. The predicted octanol–water partition coefficient (Wildman–Crippen LogP) is 3.69. The molecule has 0 saturated heterocycles. The van der Waals surface area contributed by atoms with E-state index >= 15 is 0 Å². The number of hydrogen-bond donors (Lipinski definition) is 3. The van der Waals surface area contributed by atoms with Gasteiger partial charge in [-0.15, -0.1) is 0 Å². The number of hydrogen-bond acceptors (Lipinski definition) is 5. The van der Waals surface area contributed by atoms with E-state index in [0.717, 1.165) is 27.2 Å². The summed E-state index contributed by atoms with van der Waals surface area (Å²) in [4.78, 5) is 5.15.